The Hall–Kier alpha value is -1.14. The van der Waals surface area contributed by atoms with Gasteiger partial charge in [0, 0.05) is 12.8 Å². The van der Waals surface area contributed by atoms with Gasteiger partial charge in [0.2, 0.25) is 0 Å². The Morgan fingerprint density at radius 1 is 0.340 bits per heavy atom. The second-order valence-electron chi connectivity index (χ2n) is 16.9. The van der Waals surface area contributed by atoms with Gasteiger partial charge in [-0.25, -0.2) is 0 Å². The van der Waals surface area contributed by atoms with Gasteiger partial charge in [0.25, 0.3) is 0 Å². The molecule has 0 saturated carbocycles. The van der Waals surface area contributed by atoms with Crippen LogP contribution in [0.25, 0.3) is 0 Å². The van der Waals surface area contributed by atoms with Crippen molar-refractivity contribution in [1.82, 2.24) is 0 Å². The Morgan fingerprint density at radius 2 is 0.580 bits per heavy atom. The predicted molar refractivity (Wildman–Crippen MR) is 215 cm³/mol. The number of ether oxygens (including phenoxy) is 2. The summed E-state index contributed by atoms with van der Waals surface area (Å²) in [6, 6.07) is 0. The molecule has 0 amide bonds. The van der Waals surface area contributed by atoms with Crippen molar-refractivity contribution >= 4 is 11.9 Å². The molecule has 0 spiro atoms. The smallest absolute Gasteiger partial charge is 0.305 e. The van der Waals surface area contributed by atoms with Crippen LogP contribution in [0.1, 0.15) is 206 Å². The number of quaternary nitrogens is 2. The largest absolute Gasteiger partial charge is 0.460 e. The van der Waals surface area contributed by atoms with Gasteiger partial charge in [0.1, 0.15) is 26.3 Å². The van der Waals surface area contributed by atoms with Gasteiger partial charge in [0.05, 0.1) is 41.3 Å². The van der Waals surface area contributed by atoms with E-state index in [1.165, 1.54) is 154 Å². The van der Waals surface area contributed by atoms with Crippen LogP contribution in [0.5, 0.6) is 0 Å². The average Bonchev–Trinajstić information content (AvgIpc) is 3.07. The molecule has 298 valence electrons. The lowest BCUT2D eigenvalue weighted by molar-refractivity contribution is -0.890. The molecule has 0 aliphatic rings. The summed E-state index contributed by atoms with van der Waals surface area (Å²) < 4.78 is 12.9. The van der Waals surface area contributed by atoms with Crippen molar-refractivity contribution in [3.05, 3.63) is 0 Å². The van der Waals surface area contributed by atoms with E-state index < -0.39 is 0 Å². The Kier molecular flexibility index (Phi) is 34.1. The fourth-order valence-corrected chi connectivity index (χ4v) is 6.84. The fraction of sp³-hybridized carbons (Fsp3) is 0.955. The van der Waals surface area contributed by atoms with Gasteiger partial charge in [-0.3, -0.25) is 9.59 Å². The first-order valence-electron chi connectivity index (χ1n) is 22.1. The first-order chi connectivity index (χ1) is 24.1. The molecule has 0 radical (unpaired) electrons. The highest BCUT2D eigenvalue weighted by Crippen LogP contribution is 2.15. The normalized spacial score (nSPS) is 12.0. The summed E-state index contributed by atoms with van der Waals surface area (Å²) in [5.74, 6) is -0.168. The molecule has 0 aliphatic heterocycles. The molecule has 0 heterocycles. The lowest BCUT2D eigenvalue weighted by Gasteiger charge is -2.29. The molecule has 0 N–H and O–H groups in total. The van der Waals surface area contributed by atoms with Crippen LogP contribution in [0.15, 0.2) is 0 Å². The minimum atomic E-state index is -0.0842. The number of hydrogen-bond donors (Lipinski definition) is 0. The maximum Gasteiger partial charge on any atom is 0.305 e. The summed E-state index contributed by atoms with van der Waals surface area (Å²) in [6.07, 6.45) is 37.5. The van der Waals surface area contributed by atoms with Crippen LogP contribution in [-0.4, -0.2) is 88.5 Å². The Balaban J connectivity index is 3.61. The minimum absolute atomic E-state index is 0.0842. The van der Waals surface area contributed by atoms with Gasteiger partial charge in [-0.1, -0.05) is 155 Å². The van der Waals surface area contributed by atoms with Gasteiger partial charge in [0.15, 0.2) is 0 Å². The van der Waals surface area contributed by atoms with E-state index in [0.29, 0.717) is 26.1 Å². The van der Waals surface area contributed by atoms with E-state index in [9.17, 15) is 9.59 Å². The van der Waals surface area contributed by atoms with E-state index in [-0.39, 0.29) is 11.9 Å². The van der Waals surface area contributed by atoms with Crippen LogP contribution in [0, 0.1) is 0 Å². The van der Waals surface area contributed by atoms with Crippen molar-refractivity contribution in [2.24, 2.45) is 0 Å². The molecule has 0 rings (SSSR count). The first kappa shape index (κ1) is 48.9. The van der Waals surface area contributed by atoms with Gasteiger partial charge >= 0.3 is 11.9 Å². The molecule has 0 aliphatic carbocycles. The lowest BCUT2D eigenvalue weighted by atomic mass is 10.1. The van der Waals surface area contributed by atoms with Crippen LogP contribution in [-0.2, 0) is 19.1 Å². The molecule has 0 fully saturated rings. The van der Waals surface area contributed by atoms with Crippen LogP contribution < -0.4 is 0 Å². The average molecular weight is 711 g/mol. The van der Waals surface area contributed by atoms with Crippen LogP contribution in [0.2, 0.25) is 0 Å². The standard InChI is InChI=1S/C44H90N2O4/c1-7-9-11-13-15-17-19-21-23-25-29-33-37-45(3,4)39-41-49-43(47)35-31-27-28-32-36-44(48)50-42-40-46(5,6)38-34-30-26-24-22-20-18-16-14-12-10-8-2/h7-42H2,1-6H3/q+2. The number of carbonyl (C=O) groups is 2. The first-order valence-corrected chi connectivity index (χ1v) is 22.1. The fourth-order valence-electron chi connectivity index (χ4n) is 6.84. The van der Waals surface area contributed by atoms with Gasteiger partial charge in [-0.2, -0.15) is 0 Å². The second-order valence-corrected chi connectivity index (χ2v) is 16.9. The number of likely N-dealkylation sites (N-methyl/N-ethyl adjacent to an activating group) is 2. The molecule has 6 heteroatoms. The molecule has 50 heavy (non-hydrogen) atoms. The van der Waals surface area contributed by atoms with Gasteiger partial charge in [-0.15, -0.1) is 0 Å². The summed E-state index contributed by atoms with van der Waals surface area (Å²) in [7, 11) is 8.99. The van der Waals surface area contributed by atoms with Crippen LogP contribution in [0.3, 0.4) is 0 Å². The topological polar surface area (TPSA) is 52.6 Å². The number of rotatable bonds is 39. The Morgan fingerprint density at radius 3 is 0.860 bits per heavy atom. The van der Waals surface area contributed by atoms with Crippen LogP contribution in [0.4, 0.5) is 0 Å². The Bertz CT molecular complexity index is 692. The molecule has 0 aromatic carbocycles. The summed E-state index contributed by atoms with van der Waals surface area (Å²) in [5, 5.41) is 0. The highest BCUT2D eigenvalue weighted by Gasteiger charge is 2.17. The molecule has 0 aromatic rings. The summed E-state index contributed by atoms with van der Waals surface area (Å²) in [5.41, 5.74) is 0. The second kappa shape index (κ2) is 34.9. The number of unbranched alkanes of at least 4 members (excludes halogenated alkanes) is 25. The molecular formula is C44H90N2O4+2. The number of nitrogens with zero attached hydrogens (tertiary/aromatic N) is 2. The summed E-state index contributed by atoms with van der Waals surface area (Å²) >= 11 is 0. The van der Waals surface area contributed by atoms with Crippen molar-refractivity contribution < 1.29 is 28.0 Å². The third-order valence-electron chi connectivity index (χ3n) is 10.7. The zero-order chi connectivity index (χ0) is 37.0. The summed E-state index contributed by atoms with van der Waals surface area (Å²) in [4.78, 5) is 24.4. The van der Waals surface area contributed by atoms with E-state index in [1.807, 2.05) is 0 Å². The predicted octanol–water partition coefficient (Wildman–Crippen LogP) is 12.0. The number of esters is 2. The molecule has 0 unspecified atom stereocenters. The molecule has 0 saturated heterocycles. The molecule has 0 bridgehead atoms. The van der Waals surface area contributed by atoms with E-state index in [2.05, 4.69) is 42.0 Å². The molecule has 0 atom stereocenters. The van der Waals surface area contributed by atoms with E-state index in [4.69, 9.17) is 9.47 Å². The summed E-state index contributed by atoms with van der Waals surface area (Å²) in [6.45, 7) is 9.62. The van der Waals surface area contributed by atoms with Gasteiger partial charge in [-0.05, 0) is 38.5 Å². The third-order valence-corrected chi connectivity index (χ3v) is 10.7. The highest BCUT2D eigenvalue weighted by atomic mass is 16.5. The molecule has 0 aromatic heterocycles. The van der Waals surface area contributed by atoms with Crippen LogP contribution >= 0.6 is 0 Å². The minimum Gasteiger partial charge on any atom is -0.460 e. The molecule has 6 nitrogen and oxygen atoms in total. The zero-order valence-electron chi connectivity index (χ0n) is 35.0. The number of carbonyl (C=O) groups excluding carboxylic acids is 2. The van der Waals surface area contributed by atoms with Crippen molar-refractivity contribution in [2.75, 3.05) is 67.6 Å². The number of hydrogen-bond acceptors (Lipinski definition) is 4. The van der Waals surface area contributed by atoms with Crippen molar-refractivity contribution in [3.63, 3.8) is 0 Å². The maximum atomic E-state index is 12.2. The monoisotopic (exact) mass is 711 g/mol. The van der Waals surface area contributed by atoms with Crippen molar-refractivity contribution in [1.29, 1.82) is 0 Å². The van der Waals surface area contributed by atoms with Gasteiger partial charge < -0.3 is 18.4 Å². The Labute approximate surface area is 313 Å². The molecular weight excluding hydrogens is 620 g/mol. The van der Waals surface area contributed by atoms with E-state index >= 15 is 0 Å². The SMILES string of the molecule is CCCCCCCCCCCCCC[N+](C)(C)CCOC(=O)CCCCCCC(=O)OCC[N+](C)(C)CCCCCCCCCCCCCC. The zero-order valence-corrected chi connectivity index (χ0v) is 35.0. The highest BCUT2D eigenvalue weighted by molar-refractivity contribution is 5.69. The van der Waals surface area contributed by atoms with Crippen molar-refractivity contribution in [3.8, 4) is 0 Å². The maximum absolute atomic E-state index is 12.2. The van der Waals surface area contributed by atoms with E-state index in [0.717, 1.165) is 60.8 Å². The van der Waals surface area contributed by atoms with E-state index in [1.54, 1.807) is 0 Å². The van der Waals surface area contributed by atoms with Crippen molar-refractivity contribution in [2.45, 2.75) is 206 Å². The lowest BCUT2D eigenvalue weighted by Crippen LogP contribution is -2.43. The quantitative estimate of drug-likeness (QED) is 0.0362. The third kappa shape index (κ3) is 36.6.